The number of hydrogen-bond donors (Lipinski definition) is 0. The maximum atomic E-state index is 12.1. The van der Waals surface area contributed by atoms with Crippen LogP contribution in [0, 0.1) is 0 Å². The summed E-state index contributed by atoms with van der Waals surface area (Å²) in [6.45, 7) is 0. The second-order valence-corrected chi connectivity index (χ2v) is 4.33. The number of ketones is 1. The van der Waals surface area contributed by atoms with Crippen LogP contribution in [0.1, 0.15) is 16.1 Å². The van der Waals surface area contributed by atoms with Gasteiger partial charge in [0.1, 0.15) is 5.69 Å². The van der Waals surface area contributed by atoms with Gasteiger partial charge in [0.15, 0.2) is 0 Å². The van der Waals surface area contributed by atoms with Crippen molar-refractivity contribution in [2.24, 2.45) is 7.05 Å². The summed E-state index contributed by atoms with van der Waals surface area (Å²) in [5, 5.41) is 0. The standard InChI is InChI=1S/C12H12N2OS/c1-14-8-13-7-11(14)12(15)9-3-5-10(16-2)6-4-9/h3-8H,1-2H3. The maximum absolute atomic E-state index is 12.1. The summed E-state index contributed by atoms with van der Waals surface area (Å²) in [7, 11) is 1.82. The lowest BCUT2D eigenvalue weighted by Gasteiger charge is -2.02. The Bertz CT molecular complexity index is 502. The van der Waals surface area contributed by atoms with Crippen LogP contribution in [0.5, 0.6) is 0 Å². The van der Waals surface area contributed by atoms with Gasteiger partial charge in [0.2, 0.25) is 5.78 Å². The van der Waals surface area contributed by atoms with Gasteiger partial charge in [-0.25, -0.2) is 4.98 Å². The summed E-state index contributed by atoms with van der Waals surface area (Å²) in [6, 6.07) is 7.60. The first-order chi connectivity index (χ1) is 7.72. The lowest BCUT2D eigenvalue weighted by atomic mass is 10.1. The van der Waals surface area contributed by atoms with Crippen LogP contribution >= 0.6 is 11.8 Å². The fourth-order valence-electron chi connectivity index (χ4n) is 1.47. The third-order valence-electron chi connectivity index (χ3n) is 2.40. The van der Waals surface area contributed by atoms with E-state index < -0.39 is 0 Å². The number of thioether (sulfide) groups is 1. The zero-order valence-electron chi connectivity index (χ0n) is 9.18. The normalized spacial score (nSPS) is 10.4. The van der Waals surface area contributed by atoms with Gasteiger partial charge in [0.25, 0.3) is 0 Å². The lowest BCUT2D eigenvalue weighted by Crippen LogP contribution is -2.06. The van der Waals surface area contributed by atoms with Gasteiger partial charge in [-0.3, -0.25) is 4.79 Å². The summed E-state index contributed by atoms with van der Waals surface area (Å²) in [5.74, 6) is 0.00709. The molecule has 4 heteroatoms. The van der Waals surface area contributed by atoms with E-state index in [9.17, 15) is 4.79 Å². The zero-order chi connectivity index (χ0) is 11.5. The van der Waals surface area contributed by atoms with E-state index in [4.69, 9.17) is 0 Å². The molecular weight excluding hydrogens is 220 g/mol. The van der Waals surface area contributed by atoms with Gasteiger partial charge in [0, 0.05) is 17.5 Å². The molecular formula is C12H12N2OS. The van der Waals surface area contributed by atoms with Crippen molar-refractivity contribution in [1.29, 1.82) is 0 Å². The van der Waals surface area contributed by atoms with E-state index in [0.717, 1.165) is 4.90 Å². The van der Waals surface area contributed by atoms with Crippen LogP contribution in [-0.2, 0) is 7.05 Å². The third-order valence-corrected chi connectivity index (χ3v) is 3.15. The molecule has 16 heavy (non-hydrogen) atoms. The van der Waals surface area contributed by atoms with Crippen molar-refractivity contribution in [2.45, 2.75) is 4.90 Å². The predicted octanol–water partition coefficient (Wildman–Crippen LogP) is 2.37. The van der Waals surface area contributed by atoms with Crippen LogP contribution < -0.4 is 0 Å². The van der Waals surface area contributed by atoms with Crippen molar-refractivity contribution in [3.8, 4) is 0 Å². The second-order valence-electron chi connectivity index (χ2n) is 3.45. The molecule has 0 unspecified atom stereocenters. The largest absolute Gasteiger partial charge is 0.331 e. The first kappa shape index (κ1) is 11.0. The Morgan fingerprint density at radius 1 is 1.31 bits per heavy atom. The van der Waals surface area contributed by atoms with Crippen molar-refractivity contribution in [1.82, 2.24) is 9.55 Å². The summed E-state index contributed by atoms with van der Waals surface area (Å²) < 4.78 is 1.73. The molecule has 0 atom stereocenters. The molecule has 0 aliphatic carbocycles. The lowest BCUT2D eigenvalue weighted by molar-refractivity contribution is 0.103. The Morgan fingerprint density at radius 2 is 2.00 bits per heavy atom. The molecule has 0 saturated carbocycles. The van der Waals surface area contributed by atoms with Crippen molar-refractivity contribution in [2.75, 3.05) is 6.26 Å². The molecule has 0 aliphatic heterocycles. The Hall–Kier alpha value is -1.55. The number of carbonyl (C=O) groups excluding carboxylic acids is 1. The first-order valence-electron chi connectivity index (χ1n) is 4.87. The number of carbonyl (C=O) groups is 1. The van der Waals surface area contributed by atoms with Crippen molar-refractivity contribution in [3.05, 3.63) is 48.0 Å². The third kappa shape index (κ3) is 2.02. The molecule has 82 valence electrons. The molecule has 0 N–H and O–H groups in total. The number of nitrogens with zero attached hydrogens (tertiary/aromatic N) is 2. The fourth-order valence-corrected chi connectivity index (χ4v) is 1.87. The van der Waals surface area contributed by atoms with Crippen molar-refractivity contribution < 1.29 is 4.79 Å². The summed E-state index contributed by atoms with van der Waals surface area (Å²) >= 11 is 1.66. The minimum absolute atomic E-state index is 0.00709. The fraction of sp³-hybridized carbons (Fsp3) is 0.167. The molecule has 0 aliphatic rings. The number of aromatic nitrogens is 2. The van der Waals surface area contributed by atoms with E-state index in [0.29, 0.717) is 11.3 Å². The summed E-state index contributed by atoms with van der Waals surface area (Å²) in [6.07, 6.45) is 5.23. The highest BCUT2D eigenvalue weighted by atomic mass is 32.2. The molecule has 3 nitrogen and oxygen atoms in total. The number of benzene rings is 1. The average Bonchev–Trinajstić information content (AvgIpc) is 2.75. The molecule has 1 heterocycles. The molecule has 0 amide bonds. The average molecular weight is 232 g/mol. The monoisotopic (exact) mass is 232 g/mol. The Labute approximate surface area is 98.5 Å². The topological polar surface area (TPSA) is 34.9 Å². The highest BCUT2D eigenvalue weighted by molar-refractivity contribution is 7.98. The smallest absolute Gasteiger partial charge is 0.210 e. The number of imidazole rings is 1. The van der Waals surface area contributed by atoms with Crippen LogP contribution in [0.25, 0.3) is 0 Å². The molecule has 0 spiro atoms. The molecule has 1 aromatic carbocycles. The van der Waals surface area contributed by atoms with E-state index in [-0.39, 0.29) is 5.78 Å². The summed E-state index contributed by atoms with van der Waals surface area (Å²) in [5.41, 5.74) is 1.30. The van der Waals surface area contributed by atoms with Crippen molar-refractivity contribution in [3.63, 3.8) is 0 Å². The second kappa shape index (κ2) is 4.53. The van der Waals surface area contributed by atoms with Gasteiger partial charge in [-0.15, -0.1) is 11.8 Å². The number of rotatable bonds is 3. The molecule has 0 radical (unpaired) electrons. The van der Waals surface area contributed by atoms with E-state index >= 15 is 0 Å². The quantitative estimate of drug-likeness (QED) is 0.602. The molecule has 0 fully saturated rings. The Balaban J connectivity index is 2.31. The van der Waals surface area contributed by atoms with Gasteiger partial charge in [0.05, 0.1) is 12.5 Å². The van der Waals surface area contributed by atoms with Gasteiger partial charge in [-0.2, -0.15) is 0 Å². The van der Waals surface area contributed by atoms with Crippen molar-refractivity contribution >= 4 is 17.5 Å². The minimum atomic E-state index is 0.00709. The molecule has 2 rings (SSSR count). The van der Waals surface area contributed by atoms with E-state index in [2.05, 4.69) is 4.98 Å². The molecule has 0 saturated heterocycles. The van der Waals surface area contributed by atoms with Crippen LogP contribution in [0.2, 0.25) is 0 Å². The zero-order valence-corrected chi connectivity index (χ0v) is 9.99. The number of hydrogen-bond acceptors (Lipinski definition) is 3. The summed E-state index contributed by atoms with van der Waals surface area (Å²) in [4.78, 5) is 17.2. The highest BCUT2D eigenvalue weighted by Crippen LogP contribution is 2.16. The van der Waals surface area contributed by atoms with Crippen LogP contribution in [-0.4, -0.2) is 21.6 Å². The molecule has 0 bridgehead atoms. The van der Waals surface area contributed by atoms with E-state index in [1.54, 1.807) is 28.9 Å². The molecule has 2 aromatic rings. The first-order valence-corrected chi connectivity index (χ1v) is 6.10. The van der Waals surface area contributed by atoms with Gasteiger partial charge in [-0.1, -0.05) is 0 Å². The Kier molecular flexibility index (Phi) is 3.10. The predicted molar refractivity (Wildman–Crippen MR) is 64.9 cm³/mol. The van der Waals surface area contributed by atoms with Crippen LogP contribution in [0.3, 0.4) is 0 Å². The number of aryl methyl sites for hydroxylation is 1. The van der Waals surface area contributed by atoms with Crippen LogP contribution in [0.4, 0.5) is 0 Å². The van der Waals surface area contributed by atoms with Gasteiger partial charge in [-0.05, 0) is 30.5 Å². The van der Waals surface area contributed by atoms with Gasteiger partial charge < -0.3 is 4.57 Å². The SMILES string of the molecule is CSc1ccc(C(=O)c2cncn2C)cc1. The van der Waals surface area contributed by atoms with E-state index in [1.807, 2.05) is 37.6 Å². The minimum Gasteiger partial charge on any atom is -0.331 e. The Morgan fingerprint density at radius 3 is 2.50 bits per heavy atom. The highest BCUT2D eigenvalue weighted by Gasteiger charge is 2.11. The molecule has 1 aromatic heterocycles. The van der Waals surface area contributed by atoms with Crippen LogP contribution in [0.15, 0.2) is 41.7 Å². The maximum Gasteiger partial charge on any atom is 0.210 e. The van der Waals surface area contributed by atoms with E-state index in [1.165, 1.54) is 0 Å². The van der Waals surface area contributed by atoms with Gasteiger partial charge >= 0.3 is 0 Å².